The Hall–Kier alpha value is -1.34. The molecule has 0 aliphatic heterocycles. The monoisotopic (exact) mass is 235 g/mol. The Balaban J connectivity index is 2.24. The van der Waals surface area contributed by atoms with Gasteiger partial charge in [0.15, 0.2) is 0 Å². The van der Waals surface area contributed by atoms with Gasteiger partial charge in [0.2, 0.25) is 0 Å². The maximum Gasteiger partial charge on any atom is 0.138 e. The molecule has 0 amide bonds. The molecule has 0 aliphatic rings. The summed E-state index contributed by atoms with van der Waals surface area (Å²) in [4.78, 5) is 0. The number of nitrogens with one attached hydrogen (secondary N) is 1. The fourth-order valence-corrected chi connectivity index (χ4v) is 1.68. The molecule has 94 valence electrons. The number of hydrogen-bond donors (Lipinski definition) is 1. The molecule has 0 atom stereocenters. The van der Waals surface area contributed by atoms with Crippen LogP contribution >= 0.6 is 0 Å². The van der Waals surface area contributed by atoms with E-state index in [0.29, 0.717) is 0 Å². The molecule has 0 aliphatic carbocycles. The minimum absolute atomic E-state index is 0.218. The van der Waals surface area contributed by atoms with Gasteiger partial charge in [0.25, 0.3) is 0 Å². The summed E-state index contributed by atoms with van der Waals surface area (Å²) in [5, 5.41) is 16.1. The third-order valence-electron chi connectivity index (χ3n) is 2.94. The number of nitriles is 1. The highest BCUT2D eigenvalue weighted by Gasteiger charge is 2.15. The van der Waals surface area contributed by atoms with E-state index >= 15 is 0 Å². The SMILES string of the molecule is Cc1noc(C)c1CNCCCC(C)(C)C#N. The molecule has 0 saturated heterocycles. The maximum atomic E-state index is 8.88. The molecule has 0 spiro atoms. The van der Waals surface area contributed by atoms with E-state index in [0.717, 1.165) is 42.9 Å². The van der Waals surface area contributed by atoms with Crippen LogP contribution < -0.4 is 5.32 Å². The Morgan fingerprint density at radius 3 is 2.65 bits per heavy atom. The molecule has 17 heavy (non-hydrogen) atoms. The molecule has 0 bridgehead atoms. The van der Waals surface area contributed by atoms with Crippen molar-refractivity contribution in [1.29, 1.82) is 5.26 Å². The fraction of sp³-hybridized carbons (Fsp3) is 0.692. The smallest absolute Gasteiger partial charge is 0.138 e. The second-order valence-corrected chi connectivity index (χ2v) is 5.08. The van der Waals surface area contributed by atoms with Gasteiger partial charge < -0.3 is 9.84 Å². The summed E-state index contributed by atoms with van der Waals surface area (Å²) in [6.45, 7) is 9.52. The molecular formula is C13H21N3O. The minimum atomic E-state index is -0.218. The Kier molecular flexibility index (Phi) is 4.71. The highest BCUT2D eigenvalue weighted by atomic mass is 16.5. The Bertz CT molecular complexity index is 382. The summed E-state index contributed by atoms with van der Waals surface area (Å²) in [7, 11) is 0. The number of aryl methyl sites for hydroxylation is 2. The standard InChI is InChI=1S/C13H21N3O/c1-10-12(11(2)17-16-10)8-15-7-5-6-13(3,4)9-14/h15H,5-8H2,1-4H3. The minimum Gasteiger partial charge on any atom is -0.361 e. The van der Waals surface area contributed by atoms with Crippen LogP contribution in [-0.4, -0.2) is 11.7 Å². The predicted octanol–water partition coefficient (Wildman–Crippen LogP) is 2.71. The average Bonchev–Trinajstić information content (AvgIpc) is 2.59. The summed E-state index contributed by atoms with van der Waals surface area (Å²) < 4.78 is 5.09. The molecule has 1 heterocycles. The Morgan fingerprint density at radius 1 is 1.41 bits per heavy atom. The third-order valence-corrected chi connectivity index (χ3v) is 2.94. The van der Waals surface area contributed by atoms with Gasteiger partial charge in [-0.05, 0) is 47.1 Å². The number of hydrogen-bond acceptors (Lipinski definition) is 4. The van der Waals surface area contributed by atoms with Gasteiger partial charge in [0, 0.05) is 12.1 Å². The molecule has 4 nitrogen and oxygen atoms in total. The zero-order chi connectivity index (χ0) is 12.9. The lowest BCUT2D eigenvalue weighted by Gasteiger charge is -2.14. The summed E-state index contributed by atoms with van der Waals surface area (Å²) in [5.41, 5.74) is 1.88. The third kappa shape index (κ3) is 4.20. The largest absolute Gasteiger partial charge is 0.361 e. The van der Waals surface area contributed by atoms with Gasteiger partial charge >= 0.3 is 0 Å². The van der Waals surface area contributed by atoms with Crippen LogP contribution in [0.5, 0.6) is 0 Å². The first-order chi connectivity index (χ1) is 7.96. The van der Waals surface area contributed by atoms with Crippen molar-refractivity contribution < 1.29 is 4.52 Å². The number of nitrogens with zero attached hydrogens (tertiary/aromatic N) is 2. The zero-order valence-electron chi connectivity index (χ0n) is 11.1. The van der Waals surface area contributed by atoms with Gasteiger partial charge in [-0.2, -0.15) is 5.26 Å². The van der Waals surface area contributed by atoms with Crippen LogP contribution in [0.2, 0.25) is 0 Å². The lowest BCUT2D eigenvalue weighted by Crippen LogP contribution is -2.18. The predicted molar refractivity (Wildman–Crippen MR) is 66.3 cm³/mol. The zero-order valence-corrected chi connectivity index (χ0v) is 11.1. The van der Waals surface area contributed by atoms with Crippen molar-refractivity contribution in [3.63, 3.8) is 0 Å². The molecule has 1 aromatic rings. The lowest BCUT2D eigenvalue weighted by atomic mass is 9.90. The van der Waals surface area contributed by atoms with Crippen molar-refractivity contribution in [2.45, 2.75) is 47.1 Å². The molecule has 0 aromatic carbocycles. The summed E-state index contributed by atoms with van der Waals surface area (Å²) >= 11 is 0. The Labute approximate surface area is 103 Å². The topological polar surface area (TPSA) is 61.9 Å². The van der Waals surface area contributed by atoms with E-state index in [9.17, 15) is 0 Å². The molecule has 1 aromatic heterocycles. The molecule has 0 saturated carbocycles. The van der Waals surface area contributed by atoms with E-state index in [1.54, 1.807) is 0 Å². The van der Waals surface area contributed by atoms with E-state index in [4.69, 9.17) is 9.78 Å². The van der Waals surface area contributed by atoms with Gasteiger partial charge in [-0.15, -0.1) is 0 Å². The average molecular weight is 235 g/mol. The second-order valence-electron chi connectivity index (χ2n) is 5.08. The van der Waals surface area contributed by atoms with Crippen molar-refractivity contribution in [3.8, 4) is 6.07 Å². The Morgan fingerprint density at radius 2 is 2.12 bits per heavy atom. The highest BCUT2D eigenvalue weighted by Crippen LogP contribution is 2.20. The lowest BCUT2D eigenvalue weighted by molar-refractivity contribution is 0.391. The van der Waals surface area contributed by atoms with Crippen molar-refractivity contribution in [3.05, 3.63) is 17.0 Å². The van der Waals surface area contributed by atoms with Crippen LogP contribution in [0.1, 0.15) is 43.7 Å². The first-order valence-corrected chi connectivity index (χ1v) is 6.00. The fourth-order valence-electron chi connectivity index (χ4n) is 1.68. The molecule has 1 rings (SSSR count). The number of aromatic nitrogens is 1. The van der Waals surface area contributed by atoms with E-state index in [-0.39, 0.29) is 5.41 Å². The highest BCUT2D eigenvalue weighted by molar-refractivity contribution is 5.20. The summed E-state index contributed by atoms with van der Waals surface area (Å²) in [5.74, 6) is 0.882. The van der Waals surface area contributed by atoms with Gasteiger partial charge in [0.1, 0.15) is 5.76 Å². The first kappa shape index (κ1) is 13.7. The van der Waals surface area contributed by atoms with Crippen molar-refractivity contribution in [2.24, 2.45) is 5.41 Å². The van der Waals surface area contributed by atoms with Crippen LogP contribution in [-0.2, 0) is 6.54 Å². The van der Waals surface area contributed by atoms with Crippen LogP contribution in [0.15, 0.2) is 4.52 Å². The van der Waals surface area contributed by atoms with E-state index in [1.807, 2.05) is 27.7 Å². The van der Waals surface area contributed by atoms with Gasteiger partial charge in [-0.25, -0.2) is 0 Å². The van der Waals surface area contributed by atoms with Crippen LogP contribution in [0, 0.1) is 30.6 Å². The van der Waals surface area contributed by atoms with Crippen molar-refractivity contribution in [2.75, 3.05) is 6.54 Å². The molecule has 1 N–H and O–H groups in total. The first-order valence-electron chi connectivity index (χ1n) is 6.00. The summed E-state index contributed by atoms with van der Waals surface area (Å²) in [6.07, 6.45) is 1.92. The van der Waals surface area contributed by atoms with Crippen LogP contribution in [0.25, 0.3) is 0 Å². The van der Waals surface area contributed by atoms with Crippen LogP contribution in [0.3, 0.4) is 0 Å². The van der Waals surface area contributed by atoms with Gasteiger partial charge in [-0.3, -0.25) is 0 Å². The molecule has 4 heteroatoms. The van der Waals surface area contributed by atoms with Gasteiger partial charge in [-0.1, -0.05) is 5.16 Å². The van der Waals surface area contributed by atoms with E-state index in [1.165, 1.54) is 0 Å². The van der Waals surface area contributed by atoms with Crippen LogP contribution in [0.4, 0.5) is 0 Å². The van der Waals surface area contributed by atoms with Crippen molar-refractivity contribution >= 4 is 0 Å². The molecule has 0 fully saturated rings. The van der Waals surface area contributed by atoms with E-state index < -0.39 is 0 Å². The maximum absolute atomic E-state index is 8.88. The van der Waals surface area contributed by atoms with Gasteiger partial charge in [0.05, 0.1) is 17.2 Å². The van der Waals surface area contributed by atoms with Crippen molar-refractivity contribution in [1.82, 2.24) is 10.5 Å². The summed E-state index contributed by atoms with van der Waals surface area (Å²) in [6, 6.07) is 2.31. The molecule has 0 unspecified atom stereocenters. The quantitative estimate of drug-likeness (QED) is 0.770. The number of rotatable bonds is 6. The second kappa shape index (κ2) is 5.83. The normalized spacial score (nSPS) is 11.5. The van der Waals surface area contributed by atoms with E-state index in [2.05, 4.69) is 16.5 Å². The molecular weight excluding hydrogens is 214 g/mol. The molecule has 0 radical (unpaired) electrons.